The van der Waals surface area contributed by atoms with E-state index >= 15 is 0 Å². The zero-order chi connectivity index (χ0) is 25.7. The quantitative estimate of drug-likeness (QED) is 0.509. The van der Waals surface area contributed by atoms with Crippen LogP contribution in [-0.2, 0) is 29.1 Å². The van der Waals surface area contributed by atoms with Gasteiger partial charge in [-0.25, -0.2) is 0 Å². The van der Waals surface area contributed by atoms with E-state index in [0.29, 0.717) is 41.8 Å². The van der Waals surface area contributed by atoms with Gasteiger partial charge in [-0.3, -0.25) is 9.59 Å². The topological polar surface area (TPSA) is 86.3 Å². The first kappa shape index (κ1) is 24.9. The van der Waals surface area contributed by atoms with Crippen LogP contribution in [0, 0.1) is 0 Å². The maximum absolute atomic E-state index is 13.1. The highest BCUT2D eigenvalue weighted by atomic mass is 16.5. The van der Waals surface area contributed by atoms with Crippen LogP contribution in [0.4, 0.5) is 5.69 Å². The average Bonchev–Trinajstić information content (AvgIpc) is 3.00. The van der Waals surface area contributed by atoms with Gasteiger partial charge in [0.1, 0.15) is 23.0 Å². The van der Waals surface area contributed by atoms with Crippen LogP contribution >= 0.6 is 0 Å². The summed E-state index contributed by atoms with van der Waals surface area (Å²) in [6.07, 6.45) is -0.437. The Morgan fingerprint density at radius 3 is 2.53 bits per heavy atom. The first-order valence-electron chi connectivity index (χ1n) is 11.6. The number of hydrogen-bond acceptors (Lipinski definition) is 6. The van der Waals surface area contributed by atoms with Crippen LogP contribution in [0.3, 0.4) is 0 Å². The highest BCUT2D eigenvalue weighted by Gasteiger charge is 2.29. The number of carbonyl (C=O) groups excluding carboxylic acids is 2. The molecule has 3 aromatic rings. The van der Waals surface area contributed by atoms with E-state index < -0.39 is 6.10 Å². The van der Waals surface area contributed by atoms with Gasteiger partial charge in [0, 0.05) is 36.0 Å². The van der Waals surface area contributed by atoms with Crippen molar-refractivity contribution in [1.82, 2.24) is 4.90 Å². The Balaban J connectivity index is 1.52. The summed E-state index contributed by atoms with van der Waals surface area (Å²) < 4.78 is 22.0. The molecule has 0 bridgehead atoms. The maximum Gasteiger partial charge on any atom is 0.263 e. The number of ether oxygens (including phenoxy) is 4. The molecule has 0 aliphatic carbocycles. The molecule has 2 amide bonds. The van der Waals surface area contributed by atoms with Crippen LogP contribution < -0.4 is 24.3 Å². The van der Waals surface area contributed by atoms with Crippen LogP contribution in [0.5, 0.6) is 23.0 Å². The predicted molar refractivity (Wildman–Crippen MR) is 136 cm³/mol. The minimum Gasteiger partial charge on any atom is -0.497 e. The van der Waals surface area contributed by atoms with Gasteiger partial charge >= 0.3 is 0 Å². The van der Waals surface area contributed by atoms with Crippen molar-refractivity contribution in [2.75, 3.05) is 26.6 Å². The molecule has 3 aromatic carbocycles. The van der Waals surface area contributed by atoms with Gasteiger partial charge < -0.3 is 29.2 Å². The van der Waals surface area contributed by atoms with Crippen molar-refractivity contribution in [3.63, 3.8) is 0 Å². The Kier molecular flexibility index (Phi) is 7.63. The van der Waals surface area contributed by atoms with Gasteiger partial charge in [0.25, 0.3) is 5.91 Å². The molecule has 1 atom stereocenters. The standard InChI is InChI=1S/C28H30N2O6/c1-18-28(32)30(16-20-8-10-24(34-3)15-26(20)35-4)17-21-14-22(9-11-25(21)36-18)29-27(31)13-19-6-5-7-23(12-19)33-2/h5-12,14-15,18H,13,16-17H2,1-4H3,(H,29,31). The molecule has 0 fully saturated rings. The van der Waals surface area contributed by atoms with E-state index in [-0.39, 0.29) is 18.2 Å². The van der Waals surface area contributed by atoms with Crippen molar-refractivity contribution in [3.8, 4) is 23.0 Å². The molecule has 0 saturated heterocycles. The van der Waals surface area contributed by atoms with Crippen LogP contribution in [-0.4, -0.2) is 44.1 Å². The molecule has 8 nitrogen and oxygen atoms in total. The third kappa shape index (κ3) is 5.71. The number of methoxy groups -OCH3 is 3. The summed E-state index contributed by atoms with van der Waals surface area (Å²) in [6.45, 7) is 2.40. The third-order valence-electron chi connectivity index (χ3n) is 6.02. The summed E-state index contributed by atoms with van der Waals surface area (Å²) in [5, 5.41) is 2.94. The van der Waals surface area contributed by atoms with Crippen LogP contribution in [0.1, 0.15) is 23.6 Å². The first-order valence-corrected chi connectivity index (χ1v) is 11.6. The van der Waals surface area contributed by atoms with E-state index in [4.69, 9.17) is 18.9 Å². The summed E-state index contributed by atoms with van der Waals surface area (Å²) in [4.78, 5) is 27.5. The van der Waals surface area contributed by atoms with E-state index in [1.807, 2.05) is 42.5 Å². The summed E-state index contributed by atoms with van der Waals surface area (Å²) in [5.41, 5.74) is 3.14. The molecule has 1 aliphatic rings. The van der Waals surface area contributed by atoms with E-state index in [2.05, 4.69) is 5.32 Å². The second kappa shape index (κ2) is 11.0. The number of hydrogen-bond donors (Lipinski definition) is 1. The molecule has 1 N–H and O–H groups in total. The fraction of sp³-hybridized carbons (Fsp3) is 0.286. The normalized spacial score (nSPS) is 14.8. The van der Waals surface area contributed by atoms with Crippen molar-refractivity contribution >= 4 is 17.5 Å². The van der Waals surface area contributed by atoms with Gasteiger partial charge in [-0.2, -0.15) is 0 Å². The molecule has 8 heteroatoms. The van der Waals surface area contributed by atoms with Gasteiger partial charge in [0.15, 0.2) is 6.10 Å². The Labute approximate surface area is 210 Å². The number of fused-ring (bicyclic) bond motifs is 1. The summed E-state index contributed by atoms with van der Waals surface area (Å²) in [6, 6.07) is 18.3. The number of amides is 2. The zero-order valence-electron chi connectivity index (χ0n) is 20.9. The molecule has 1 aliphatic heterocycles. The SMILES string of the molecule is COc1cccc(CC(=O)Nc2ccc3c(c2)CN(Cc2ccc(OC)cc2OC)C(=O)C(C)O3)c1. The van der Waals surface area contributed by atoms with Gasteiger partial charge in [0.05, 0.1) is 27.8 Å². The molecule has 1 unspecified atom stereocenters. The molecule has 0 spiro atoms. The summed E-state index contributed by atoms with van der Waals surface area (Å²) >= 11 is 0. The number of benzene rings is 3. The molecule has 188 valence electrons. The Bertz CT molecular complexity index is 1260. The first-order chi connectivity index (χ1) is 17.4. The molecule has 0 saturated carbocycles. The molecule has 1 heterocycles. The van der Waals surface area contributed by atoms with E-state index in [1.165, 1.54) is 0 Å². The van der Waals surface area contributed by atoms with Crippen LogP contribution in [0.2, 0.25) is 0 Å². The maximum atomic E-state index is 13.1. The highest BCUT2D eigenvalue weighted by molar-refractivity contribution is 5.92. The Hall–Kier alpha value is -4.20. The number of anilines is 1. The van der Waals surface area contributed by atoms with Crippen molar-refractivity contribution in [3.05, 3.63) is 77.4 Å². The fourth-order valence-corrected chi connectivity index (χ4v) is 4.17. The number of carbonyl (C=O) groups is 2. The summed E-state index contributed by atoms with van der Waals surface area (Å²) in [7, 11) is 4.77. The minimum absolute atomic E-state index is 0.132. The van der Waals surface area contributed by atoms with Crippen molar-refractivity contribution in [2.24, 2.45) is 0 Å². The Morgan fingerprint density at radius 2 is 1.78 bits per heavy atom. The molecule has 0 radical (unpaired) electrons. The van der Waals surface area contributed by atoms with Crippen LogP contribution in [0.25, 0.3) is 0 Å². The second-order valence-electron chi connectivity index (χ2n) is 8.53. The van der Waals surface area contributed by atoms with Crippen molar-refractivity contribution in [2.45, 2.75) is 32.5 Å². The lowest BCUT2D eigenvalue weighted by Crippen LogP contribution is -2.37. The van der Waals surface area contributed by atoms with Crippen LogP contribution in [0.15, 0.2) is 60.7 Å². The number of nitrogens with one attached hydrogen (secondary N) is 1. The molecular weight excluding hydrogens is 460 g/mol. The molecule has 4 rings (SSSR count). The largest absolute Gasteiger partial charge is 0.497 e. The third-order valence-corrected chi connectivity index (χ3v) is 6.02. The van der Waals surface area contributed by atoms with E-state index in [1.54, 1.807) is 51.4 Å². The zero-order valence-corrected chi connectivity index (χ0v) is 20.9. The van der Waals surface area contributed by atoms with Gasteiger partial charge in [0.2, 0.25) is 5.91 Å². The predicted octanol–water partition coefficient (Wildman–Crippen LogP) is 4.20. The monoisotopic (exact) mass is 490 g/mol. The second-order valence-corrected chi connectivity index (χ2v) is 8.53. The van der Waals surface area contributed by atoms with Gasteiger partial charge in [-0.05, 0) is 55.0 Å². The smallest absolute Gasteiger partial charge is 0.263 e. The van der Waals surface area contributed by atoms with E-state index in [0.717, 1.165) is 16.7 Å². The summed E-state index contributed by atoms with van der Waals surface area (Å²) in [5.74, 6) is 2.35. The lowest BCUT2D eigenvalue weighted by Gasteiger charge is -2.23. The molecule has 0 aromatic heterocycles. The van der Waals surface area contributed by atoms with Crippen molar-refractivity contribution < 1.29 is 28.5 Å². The average molecular weight is 491 g/mol. The minimum atomic E-state index is -0.649. The Morgan fingerprint density at radius 1 is 1.00 bits per heavy atom. The van der Waals surface area contributed by atoms with Gasteiger partial charge in [-0.1, -0.05) is 12.1 Å². The molecule has 36 heavy (non-hydrogen) atoms. The van der Waals surface area contributed by atoms with Gasteiger partial charge in [-0.15, -0.1) is 0 Å². The lowest BCUT2D eigenvalue weighted by atomic mass is 10.1. The van der Waals surface area contributed by atoms with Crippen molar-refractivity contribution in [1.29, 1.82) is 0 Å². The lowest BCUT2D eigenvalue weighted by molar-refractivity contribution is -0.138. The van der Waals surface area contributed by atoms with E-state index in [9.17, 15) is 9.59 Å². The number of nitrogens with zero attached hydrogens (tertiary/aromatic N) is 1. The number of rotatable bonds is 8. The highest BCUT2D eigenvalue weighted by Crippen LogP contribution is 2.31. The molecular formula is C28H30N2O6. The fourth-order valence-electron chi connectivity index (χ4n) is 4.17.